The highest BCUT2D eigenvalue weighted by Gasteiger charge is 2.08. The van der Waals surface area contributed by atoms with E-state index in [2.05, 4.69) is 20.6 Å². The molecule has 0 aliphatic rings. The summed E-state index contributed by atoms with van der Waals surface area (Å²) in [6.07, 6.45) is 7.93. The molecular formula is C31H30ClN5O6. The van der Waals surface area contributed by atoms with Crippen molar-refractivity contribution in [3.8, 4) is 5.75 Å². The van der Waals surface area contributed by atoms with Crippen LogP contribution < -0.4 is 15.4 Å². The summed E-state index contributed by atoms with van der Waals surface area (Å²) in [6.45, 7) is 1.03. The molecule has 2 aromatic heterocycles. The summed E-state index contributed by atoms with van der Waals surface area (Å²) in [5.74, 6) is -2.12. The average molecular weight is 604 g/mol. The van der Waals surface area contributed by atoms with Crippen molar-refractivity contribution in [1.82, 2.24) is 14.9 Å². The maximum absolute atomic E-state index is 12.2. The number of carbonyl (C=O) groups is 3. The van der Waals surface area contributed by atoms with Crippen molar-refractivity contribution in [1.29, 1.82) is 0 Å². The van der Waals surface area contributed by atoms with Crippen molar-refractivity contribution in [2.45, 2.75) is 6.61 Å². The van der Waals surface area contributed by atoms with Gasteiger partial charge in [0.1, 0.15) is 12.4 Å². The van der Waals surface area contributed by atoms with Crippen LogP contribution in [0.3, 0.4) is 0 Å². The van der Waals surface area contributed by atoms with Gasteiger partial charge in [-0.15, -0.1) is 0 Å². The standard InChI is InChI=1S/C27H26ClN5O2.C4H4O4/c1-33(2)15-5-7-27(34)32-19-8-10-24-22(16-19)25(12-14-30-24)31-20-9-11-26(23(28)17-20)35-18-21-6-3-4-13-29-21;5-3(6)1-2-4(7)8/h3-14,16-17H,15,18H2,1-2H3,(H,30,31)(H,32,34);1-2H,(H,5,6)(H,7,8)/b7-5+;2-1-. The topological polar surface area (TPSA) is 154 Å². The molecule has 4 aromatic rings. The Kier molecular flexibility index (Phi) is 12.2. The summed E-state index contributed by atoms with van der Waals surface area (Å²) in [5, 5.41) is 23.3. The van der Waals surface area contributed by atoms with Crippen LogP contribution in [0, 0.1) is 0 Å². The fraction of sp³-hybridized carbons (Fsp3) is 0.129. The first-order valence-electron chi connectivity index (χ1n) is 12.8. The lowest BCUT2D eigenvalue weighted by Crippen LogP contribution is -2.12. The second kappa shape index (κ2) is 16.2. The number of carboxylic acid groups (broad SMARTS) is 2. The Morgan fingerprint density at radius 2 is 1.65 bits per heavy atom. The molecular weight excluding hydrogens is 574 g/mol. The van der Waals surface area contributed by atoms with E-state index in [0.29, 0.717) is 41.8 Å². The van der Waals surface area contributed by atoms with E-state index in [0.717, 1.165) is 28.0 Å². The van der Waals surface area contributed by atoms with Gasteiger partial charge in [-0.25, -0.2) is 9.59 Å². The average Bonchev–Trinajstić information content (AvgIpc) is 2.97. The highest BCUT2D eigenvalue weighted by molar-refractivity contribution is 6.32. The Morgan fingerprint density at radius 1 is 0.907 bits per heavy atom. The Labute approximate surface area is 253 Å². The SMILES string of the molecule is CN(C)C/C=C/C(=O)Nc1ccc2nccc(Nc3ccc(OCc4ccccn4)c(Cl)c3)c2c1.O=C(O)/C=C\C(=O)O. The van der Waals surface area contributed by atoms with Gasteiger partial charge in [0.05, 0.1) is 16.2 Å². The van der Waals surface area contributed by atoms with E-state index >= 15 is 0 Å². The summed E-state index contributed by atoms with van der Waals surface area (Å²) in [7, 11) is 3.89. The van der Waals surface area contributed by atoms with Crippen LogP contribution in [-0.4, -0.2) is 63.6 Å². The quantitative estimate of drug-likeness (QED) is 0.164. The molecule has 0 aliphatic carbocycles. The number of aliphatic carboxylic acids is 2. The number of rotatable bonds is 11. The normalized spacial score (nSPS) is 10.9. The summed E-state index contributed by atoms with van der Waals surface area (Å²) in [6, 6.07) is 18.7. The first kappa shape index (κ1) is 32.3. The van der Waals surface area contributed by atoms with Gasteiger partial charge in [0.2, 0.25) is 5.91 Å². The number of ether oxygens (including phenoxy) is 1. The maximum atomic E-state index is 12.2. The van der Waals surface area contributed by atoms with Crippen molar-refractivity contribution in [3.63, 3.8) is 0 Å². The van der Waals surface area contributed by atoms with Crippen LogP contribution in [0.2, 0.25) is 5.02 Å². The van der Waals surface area contributed by atoms with E-state index in [1.807, 2.05) is 85.7 Å². The monoisotopic (exact) mass is 603 g/mol. The summed E-state index contributed by atoms with van der Waals surface area (Å²) < 4.78 is 5.81. The number of nitrogens with one attached hydrogen (secondary N) is 2. The van der Waals surface area contributed by atoms with E-state index in [4.69, 9.17) is 26.6 Å². The largest absolute Gasteiger partial charge is 0.486 e. The summed E-state index contributed by atoms with van der Waals surface area (Å²) >= 11 is 6.47. The van der Waals surface area contributed by atoms with E-state index in [9.17, 15) is 14.4 Å². The lowest BCUT2D eigenvalue weighted by Gasteiger charge is -2.13. The molecule has 0 fully saturated rings. The molecule has 1 amide bonds. The molecule has 4 rings (SSSR count). The number of likely N-dealkylation sites (N-methyl/N-ethyl adjacent to an activating group) is 1. The zero-order chi connectivity index (χ0) is 31.2. The number of nitrogens with zero attached hydrogens (tertiary/aromatic N) is 3. The number of amides is 1. The van der Waals surface area contributed by atoms with Crippen molar-refractivity contribution in [2.75, 3.05) is 31.3 Å². The molecule has 2 heterocycles. The third-order valence-electron chi connectivity index (χ3n) is 5.43. The zero-order valence-electron chi connectivity index (χ0n) is 23.4. The Hall–Kier alpha value is -5.26. The highest BCUT2D eigenvalue weighted by Crippen LogP contribution is 2.32. The zero-order valence-corrected chi connectivity index (χ0v) is 24.2. The third kappa shape index (κ3) is 11.3. The number of benzene rings is 2. The first-order chi connectivity index (χ1) is 20.6. The number of halogens is 1. The van der Waals surface area contributed by atoms with Crippen molar-refractivity contribution < 1.29 is 29.3 Å². The van der Waals surface area contributed by atoms with Crippen LogP contribution in [-0.2, 0) is 21.0 Å². The van der Waals surface area contributed by atoms with Gasteiger partial charge in [0, 0.05) is 59.6 Å². The molecule has 0 atom stereocenters. The van der Waals surface area contributed by atoms with Gasteiger partial charge in [0.25, 0.3) is 0 Å². The van der Waals surface area contributed by atoms with Crippen LogP contribution >= 0.6 is 11.6 Å². The van der Waals surface area contributed by atoms with Gasteiger partial charge in [-0.05, 0) is 68.7 Å². The van der Waals surface area contributed by atoms with Gasteiger partial charge in [-0.2, -0.15) is 0 Å². The van der Waals surface area contributed by atoms with E-state index < -0.39 is 11.9 Å². The van der Waals surface area contributed by atoms with Crippen LogP contribution in [0.15, 0.2) is 97.4 Å². The van der Waals surface area contributed by atoms with Gasteiger partial charge in [-0.3, -0.25) is 14.8 Å². The van der Waals surface area contributed by atoms with E-state index in [-0.39, 0.29) is 5.91 Å². The lowest BCUT2D eigenvalue weighted by molar-refractivity contribution is -0.134. The summed E-state index contributed by atoms with van der Waals surface area (Å²) in [5.41, 5.74) is 3.95. The molecule has 0 radical (unpaired) electrons. The van der Waals surface area contributed by atoms with Crippen molar-refractivity contribution in [2.24, 2.45) is 0 Å². The van der Waals surface area contributed by atoms with Crippen LogP contribution in [0.5, 0.6) is 5.75 Å². The summed E-state index contributed by atoms with van der Waals surface area (Å²) in [4.78, 5) is 42.0. The number of fused-ring (bicyclic) bond motifs is 1. The molecule has 0 spiro atoms. The molecule has 0 bridgehead atoms. The van der Waals surface area contributed by atoms with E-state index in [1.54, 1.807) is 12.4 Å². The molecule has 43 heavy (non-hydrogen) atoms. The molecule has 0 aliphatic heterocycles. The Balaban J connectivity index is 0.000000557. The smallest absolute Gasteiger partial charge is 0.328 e. The molecule has 2 aromatic carbocycles. The van der Waals surface area contributed by atoms with Crippen molar-refractivity contribution >= 4 is 57.4 Å². The van der Waals surface area contributed by atoms with Crippen molar-refractivity contribution in [3.05, 3.63) is 108 Å². The predicted molar refractivity (Wildman–Crippen MR) is 166 cm³/mol. The van der Waals surface area contributed by atoms with Gasteiger partial charge in [0.15, 0.2) is 0 Å². The number of hydrogen-bond acceptors (Lipinski definition) is 8. The molecule has 0 saturated heterocycles. The molecule has 12 heteroatoms. The highest BCUT2D eigenvalue weighted by atomic mass is 35.5. The van der Waals surface area contributed by atoms with Gasteiger partial charge >= 0.3 is 11.9 Å². The van der Waals surface area contributed by atoms with Crippen LogP contribution in [0.25, 0.3) is 10.9 Å². The maximum Gasteiger partial charge on any atom is 0.328 e. The van der Waals surface area contributed by atoms with Crippen LogP contribution in [0.4, 0.5) is 17.1 Å². The van der Waals surface area contributed by atoms with Gasteiger partial charge in [-0.1, -0.05) is 23.7 Å². The van der Waals surface area contributed by atoms with Crippen LogP contribution in [0.1, 0.15) is 5.69 Å². The minimum Gasteiger partial charge on any atom is -0.486 e. The minimum absolute atomic E-state index is 0.183. The predicted octanol–water partition coefficient (Wildman–Crippen LogP) is 5.37. The number of carbonyl (C=O) groups excluding carboxylic acids is 1. The lowest BCUT2D eigenvalue weighted by atomic mass is 10.1. The fourth-order valence-corrected chi connectivity index (χ4v) is 3.75. The van der Waals surface area contributed by atoms with E-state index in [1.165, 1.54) is 6.08 Å². The molecule has 4 N–H and O–H groups in total. The second-order valence-electron chi connectivity index (χ2n) is 9.13. The molecule has 0 unspecified atom stereocenters. The van der Waals surface area contributed by atoms with Gasteiger partial charge < -0.3 is 30.5 Å². The molecule has 222 valence electrons. The molecule has 11 nitrogen and oxygen atoms in total. The Morgan fingerprint density at radius 3 is 2.30 bits per heavy atom. The number of pyridine rings is 2. The first-order valence-corrected chi connectivity index (χ1v) is 13.2. The molecule has 0 saturated carbocycles. The fourth-order valence-electron chi connectivity index (χ4n) is 3.52. The number of anilines is 3. The Bertz CT molecular complexity index is 1610. The number of aromatic nitrogens is 2. The minimum atomic E-state index is -1.26. The second-order valence-corrected chi connectivity index (χ2v) is 9.54. The number of hydrogen-bond donors (Lipinski definition) is 4. The number of carboxylic acids is 2. The third-order valence-corrected chi connectivity index (χ3v) is 5.73.